The molecule has 1 aliphatic carbocycles. The summed E-state index contributed by atoms with van der Waals surface area (Å²) >= 11 is 0. The zero-order valence-corrected chi connectivity index (χ0v) is 9.44. The monoisotopic (exact) mass is 213 g/mol. The van der Waals surface area contributed by atoms with E-state index in [0.29, 0.717) is 0 Å². The fourth-order valence-electron chi connectivity index (χ4n) is 2.15. The van der Waals surface area contributed by atoms with Gasteiger partial charge >= 0.3 is 0 Å². The van der Waals surface area contributed by atoms with Crippen molar-refractivity contribution in [2.75, 3.05) is 0 Å². The lowest BCUT2D eigenvalue weighted by Crippen LogP contribution is -2.09. The van der Waals surface area contributed by atoms with Crippen LogP contribution in [0.15, 0.2) is 35.3 Å². The van der Waals surface area contributed by atoms with E-state index in [1.807, 2.05) is 0 Å². The van der Waals surface area contributed by atoms with E-state index in [1.54, 1.807) is 6.08 Å². The van der Waals surface area contributed by atoms with Crippen LogP contribution in [0.5, 0.6) is 0 Å². The zero-order chi connectivity index (χ0) is 11.4. The predicted molar refractivity (Wildman–Crippen MR) is 64.9 cm³/mol. The van der Waals surface area contributed by atoms with Crippen LogP contribution in [0.4, 0.5) is 0 Å². The highest BCUT2D eigenvalue weighted by Gasteiger charge is 2.15. The Balaban J connectivity index is 2.21. The van der Waals surface area contributed by atoms with Gasteiger partial charge in [0.1, 0.15) is 0 Å². The summed E-state index contributed by atoms with van der Waals surface area (Å²) < 4.78 is 0. The third-order valence-corrected chi connectivity index (χ3v) is 2.97. The van der Waals surface area contributed by atoms with Gasteiger partial charge in [0, 0.05) is 0 Å². The first-order valence-electron chi connectivity index (χ1n) is 5.62. The van der Waals surface area contributed by atoms with Crippen molar-refractivity contribution >= 4 is 11.7 Å². The van der Waals surface area contributed by atoms with Crippen LogP contribution in [0, 0.1) is 6.92 Å². The zero-order valence-electron chi connectivity index (χ0n) is 9.44. The lowest BCUT2D eigenvalue weighted by Gasteiger charge is -2.18. The molecule has 0 saturated carbocycles. The molecule has 2 nitrogen and oxygen atoms in total. The van der Waals surface area contributed by atoms with Crippen LogP contribution in [0.3, 0.4) is 0 Å². The second kappa shape index (κ2) is 4.91. The number of rotatable bonds is 2. The number of hydrogen-bond donors (Lipinski definition) is 0. The first kappa shape index (κ1) is 10.8. The van der Waals surface area contributed by atoms with Crippen molar-refractivity contribution in [3.63, 3.8) is 0 Å². The van der Waals surface area contributed by atoms with Gasteiger partial charge in [0.2, 0.25) is 6.08 Å². The standard InChI is InChI=1S/C14H15NO/c1-11-4-2-5-12(8-11)13-6-3-7-14(9-13)15-10-16/h2,4-6,8,14H,3,7,9H2,1H3/t14-/m0/s1. The van der Waals surface area contributed by atoms with Gasteiger partial charge in [0.05, 0.1) is 6.04 Å². The maximum Gasteiger partial charge on any atom is 0.235 e. The number of hydrogen-bond acceptors (Lipinski definition) is 2. The topological polar surface area (TPSA) is 29.4 Å². The summed E-state index contributed by atoms with van der Waals surface area (Å²) in [6, 6.07) is 8.58. The molecule has 0 amide bonds. The van der Waals surface area contributed by atoms with Crippen molar-refractivity contribution < 1.29 is 4.79 Å². The lowest BCUT2D eigenvalue weighted by atomic mass is 9.90. The van der Waals surface area contributed by atoms with Gasteiger partial charge in [-0.15, -0.1) is 0 Å². The molecule has 0 saturated heterocycles. The molecule has 1 atom stereocenters. The molecule has 0 radical (unpaired) electrons. The van der Waals surface area contributed by atoms with E-state index in [4.69, 9.17) is 0 Å². The Hall–Kier alpha value is -1.66. The van der Waals surface area contributed by atoms with Gasteiger partial charge in [-0.2, -0.15) is 0 Å². The Bertz CT molecular complexity index is 456. The van der Waals surface area contributed by atoms with Crippen molar-refractivity contribution in [1.29, 1.82) is 0 Å². The molecule has 1 aromatic carbocycles. The highest BCUT2D eigenvalue weighted by Crippen LogP contribution is 2.28. The van der Waals surface area contributed by atoms with Gasteiger partial charge in [-0.25, -0.2) is 9.79 Å². The highest BCUT2D eigenvalue weighted by atomic mass is 16.1. The smallest absolute Gasteiger partial charge is 0.211 e. The summed E-state index contributed by atoms with van der Waals surface area (Å²) in [6.45, 7) is 2.09. The number of carbonyl (C=O) groups excluding carboxylic acids is 1. The molecule has 0 aliphatic heterocycles. The van der Waals surface area contributed by atoms with Crippen molar-refractivity contribution in [3.8, 4) is 0 Å². The summed E-state index contributed by atoms with van der Waals surface area (Å²) in [4.78, 5) is 14.1. The Kier molecular flexibility index (Phi) is 3.33. The minimum Gasteiger partial charge on any atom is -0.211 e. The molecular formula is C14H15NO. The van der Waals surface area contributed by atoms with Crippen LogP contribution < -0.4 is 0 Å². The Morgan fingerprint density at radius 3 is 3.06 bits per heavy atom. The minimum absolute atomic E-state index is 0.123. The van der Waals surface area contributed by atoms with Crippen molar-refractivity contribution in [1.82, 2.24) is 0 Å². The molecule has 16 heavy (non-hydrogen) atoms. The van der Waals surface area contributed by atoms with E-state index >= 15 is 0 Å². The average molecular weight is 213 g/mol. The Morgan fingerprint density at radius 1 is 1.44 bits per heavy atom. The van der Waals surface area contributed by atoms with Crippen LogP contribution >= 0.6 is 0 Å². The Labute approximate surface area is 95.7 Å². The first-order valence-corrected chi connectivity index (χ1v) is 5.62. The summed E-state index contributed by atoms with van der Waals surface area (Å²) in [5, 5.41) is 0. The van der Waals surface area contributed by atoms with Gasteiger partial charge in [0.15, 0.2) is 0 Å². The Morgan fingerprint density at radius 2 is 2.31 bits per heavy atom. The molecule has 82 valence electrons. The van der Waals surface area contributed by atoms with E-state index in [1.165, 1.54) is 16.7 Å². The highest BCUT2D eigenvalue weighted by molar-refractivity contribution is 5.67. The summed E-state index contributed by atoms with van der Waals surface area (Å²) in [6.07, 6.45) is 6.75. The largest absolute Gasteiger partial charge is 0.235 e. The fraction of sp³-hybridized carbons (Fsp3) is 0.357. The number of aliphatic imine (C=N–C) groups is 1. The normalized spacial score (nSPS) is 19.8. The van der Waals surface area contributed by atoms with Crippen LogP contribution in [-0.4, -0.2) is 12.1 Å². The van der Waals surface area contributed by atoms with Gasteiger partial charge in [-0.3, -0.25) is 0 Å². The SMILES string of the molecule is Cc1cccc(C2=CCC[C@H](N=C=O)C2)c1. The van der Waals surface area contributed by atoms with Crippen molar-refractivity contribution in [3.05, 3.63) is 41.5 Å². The van der Waals surface area contributed by atoms with Crippen LogP contribution in [-0.2, 0) is 4.79 Å². The van der Waals surface area contributed by atoms with Gasteiger partial charge in [0.25, 0.3) is 0 Å². The summed E-state index contributed by atoms with van der Waals surface area (Å²) in [5.41, 5.74) is 3.82. The maximum absolute atomic E-state index is 10.3. The number of aryl methyl sites for hydroxylation is 1. The molecule has 0 aromatic heterocycles. The molecule has 0 unspecified atom stereocenters. The summed E-state index contributed by atoms with van der Waals surface area (Å²) in [7, 11) is 0. The molecular weight excluding hydrogens is 198 g/mol. The lowest BCUT2D eigenvalue weighted by molar-refractivity contribution is 0.549. The molecule has 0 heterocycles. The summed E-state index contributed by atoms with van der Waals surface area (Å²) in [5.74, 6) is 0. The molecule has 0 spiro atoms. The minimum atomic E-state index is 0.123. The number of nitrogens with zero attached hydrogens (tertiary/aromatic N) is 1. The second-order valence-corrected chi connectivity index (χ2v) is 4.25. The predicted octanol–water partition coefficient (Wildman–Crippen LogP) is 3.27. The molecule has 1 aliphatic rings. The molecule has 2 rings (SSSR count). The maximum atomic E-state index is 10.3. The molecule has 2 heteroatoms. The molecule has 0 bridgehead atoms. The van der Waals surface area contributed by atoms with Crippen molar-refractivity contribution in [2.45, 2.75) is 32.2 Å². The van der Waals surface area contributed by atoms with Gasteiger partial charge < -0.3 is 0 Å². The second-order valence-electron chi connectivity index (χ2n) is 4.25. The van der Waals surface area contributed by atoms with Crippen molar-refractivity contribution in [2.24, 2.45) is 4.99 Å². The van der Waals surface area contributed by atoms with Gasteiger partial charge in [-0.05, 0) is 37.3 Å². The first-order chi connectivity index (χ1) is 7.79. The van der Waals surface area contributed by atoms with E-state index in [9.17, 15) is 4.79 Å². The van der Waals surface area contributed by atoms with Crippen LogP contribution in [0.1, 0.15) is 30.4 Å². The number of benzene rings is 1. The fourth-order valence-corrected chi connectivity index (χ4v) is 2.15. The van der Waals surface area contributed by atoms with E-state index < -0.39 is 0 Å². The number of allylic oxidation sites excluding steroid dienone is 1. The molecule has 1 aromatic rings. The number of isocyanates is 1. The van der Waals surface area contributed by atoms with Crippen LogP contribution in [0.2, 0.25) is 0 Å². The van der Waals surface area contributed by atoms with E-state index in [0.717, 1.165) is 19.3 Å². The van der Waals surface area contributed by atoms with E-state index in [2.05, 4.69) is 42.3 Å². The van der Waals surface area contributed by atoms with Gasteiger partial charge in [-0.1, -0.05) is 35.9 Å². The average Bonchev–Trinajstić information content (AvgIpc) is 2.30. The van der Waals surface area contributed by atoms with Crippen LogP contribution in [0.25, 0.3) is 5.57 Å². The third kappa shape index (κ3) is 2.47. The quantitative estimate of drug-likeness (QED) is 0.547. The third-order valence-electron chi connectivity index (χ3n) is 2.97. The molecule has 0 fully saturated rings. The van der Waals surface area contributed by atoms with E-state index in [-0.39, 0.29) is 6.04 Å². The molecule has 0 N–H and O–H groups in total.